The second kappa shape index (κ2) is 4.00. The summed E-state index contributed by atoms with van der Waals surface area (Å²) in [5.74, 6) is 1.44. The lowest BCUT2D eigenvalue weighted by molar-refractivity contribution is -0.671. The van der Waals surface area contributed by atoms with Crippen LogP contribution in [0.25, 0.3) is 0 Å². The van der Waals surface area contributed by atoms with E-state index < -0.39 is 7.20 Å². The molecule has 2 rings (SSSR count). The van der Waals surface area contributed by atoms with Gasteiger partial charge in [-0.05, 0) is 52.1 Å². The SMILES string of the molecule is C[n+]1cccc(C2CCCS2(C)I)c1. The third-order valence-corrected chi connectivity index (χ3v) is 8.88. The maximum absolute atomic E-state index is 2.72. The van der Waals surface area contributed by atoms with Gasteiger partial charge in [0, 0.05) is 16.9 Å². The van der Waals surface area contributed by atoms with Gasteiger partial charge in [0.15, 0.2) is 12.4 Å². The number of aromatic nitrogens is 1. The number of hydrogen-bond acceptors (Lipinski definition) is 0. The smallest absolute Gasteiger partial charge is 0.172 e. The third kappa shape index (κ3) is 2.08. The molecular formula is C11H17INS+. The van der Waals surface area contributed by atoms with Crippen molar-refractivity contribution >= 4 is 28.4 Å². The number of rotatable bonds is 1. The van der Waals surface area contributed by atoms with Gasteiger partial charge in [-0.25, -0.2) is 4.57 Å². The van der Waals surface area contributed by atoms with E-state index in [0.29, 0.717) is 0 Å². The highest BCUT2D eigenvalue weighted by atomic mass is 127. The van der Waals surface area contributed by atoms with Crippen LogP contribution in [-0.4, -0.2) is 12.0 Å². The summed E-state index contributed by atoms with van der Waals surface area (Å²) in [5, 5.41) is 0.829. The molecule has 0 bridgehead atoms. The van der Waals surface area contributed by atoms with Gasteiger partial charge in [-0.1, -0.05) is 0 Å². The number of nitrogens with zero attached hydrogens (tertiary/aromatic N) is 1. The molecule has 1 saturated heterocycles. The summed E-state index contributed by atoms with van der Waals surface area (Å²) < 4.78 is 2.17. The first-order valence-electron chi connectivity index (χ1n) is 4.99. The highest BCUT2D eigenvalue weighted by Crippen LogP contribution is 2.69. The Morgan fingerprint density at radius 3 is 2.93 bits per heavy atom. The van der Waals surface area contributed by atoms with Crippen LogP contribution in [0.1, 0.15) is 23.7 Å². The number of halogens is 1. The summed E-state index contributed by atoms with van der Waals surface area (Å²) in [4.78, 5) is 0. The van der Waals surface area contributed by atoms with Crippen LogP contribution in [0.2, 0.25) is 0 Å². The van der Waals surface area contributed by atoms with E-state index >= 15 is 0 Å². The Morgan fingerprint density at radius 2 is 2.36 bits per heavy atom. The molecule has 1 nitrogen and oxygen atoms in total. The van der Waals surface area contributed by atoms with Crippen LogP contribution < -0.4 is 4.57 Å². The van der Waals surface area contributed by atoms with Gasteiger partial charge in [0.2, 0.25) is 0 Å². The Labute approximate surface area is 99.8 Å². The molecule has 0 N–H and O–H groups in total. The number of pyridine rings is 1. The average Bonchev–Trinajstić information content (AvgIpc) is 2.45. The summed E-state index contributed by atoms with van der Waals surface area (Å²) in [6.45, 7) is 0. The molecule has 1 aromatic rings. The fourth-order valence-corrected chi connectivity index (χ4v) is 7.15. The zero-order chi connectivity index (χ0) is 10.2. The molecule has 14 heavy (non-hydrogen) atoms. The molecular weight excluding hydrogens is 305 g/mol. The predicted molar refractivity (Wildman–Crippen MR) is 72.0 cm³/mol. The molecule has 0 spiro atoms. The molecule has 1 fully saturated rings. The Bertz CT molecular complexity index is 338. The van der Waals surface area contributed by atoms with Gasteiger partial charge in [0.05, 0.1) is 0 Å². The normalized spacial score (nSPS) is 36.6. The lowest BCUT2D eigenvalue weighted by Crippen LogP contribution is -2.27. The molecule has 1 aromatic heterocycles. The maximum atomic E-state index is 2.72. The second-order valence-electron chi connectivity index (χ2n) is 4.18. The summed E-state index contributed by atoms with van der Waals surface area (Å²) in [5.41, 5.74) is 1.54. The van der Waals surface area contributed by atoms with Crippen molar-refractivity contribution in [1.29, 1.82) is 0 Å². The van der Waals surface area contributed by atoms with Gasteiger partial charge < -0.3 is 0 Å². The number of aryl methyl sites for hydroxylation is 1. The van der Waals surface area contributed by atoms with Crippen LogP contribution in [0.15, 0.2) is 24.5 Å². The van der Waals surface area contributed by atoms with Crippen molar-refractivity contribution in [3.63, 3.8) is 0 Å². The van der Waals surface area contributed by atoms with Crippen LogP contribution in [0, 0.1) is 0 Å². The van der Waals surface area contributed by atoms with Crippen LogP contribution in [0.3, 0.4) is 0 Å². The van der Waals surface area contributed by atoms with Gasteiger partial charge in [-0.2, -0.15) is 7.20 Å². The molecule has 2 heterocycles. The highest BCUT2D eigenvalue weighted by Gasteiger charge is 2.33. The maximum Gasteiger partial charge on any atom is 0.172 e. The fourth-order valence-electron chi connectivity index (χ4n) is 2.19. The molecule has 2 atom stereocenters. The van der Waals surface area contributed by atoms with E-state index in [1.165, 1.54) is 18.6 Å². The van der Waals surface area contributed by atoms with Crippen LogP contribution in [-0.2, 0) is 7.05 Å². The molecule has 0 aromatic carbocycles. The molecule has 1 aliphatic rings. The molecule has 0 aliphatic carbocycles. The lowest BCUT2D eigenvalue weighted by atomic mass is 10.1. The average molecular weight is 322 g/mol. The van der Waals surface area contributed by atoms with E-state index in [9.17, 15) is 0 Å². The van der Waals surface area contributed by atoms with Gasteiger partial charge in [-0.15, -0.1) is 0 Å². The molecule has 0 amide bonds. The van der Waals surface area contributed by atoms with E-state index in [4.69, 9.17) is 0 Å². The topological polar surface area (TPSA) is 3.88 Å². The molecule has 78 valence electrons. The monoisotopic (exact) mass is 322 g/mol. The van der Waals surface area contributed by atoms with Crippen molar-refractivity contribution < 1.29 is 4.57 Å². The zero-order valence-electron chi connectivity index (χ0n) is 8.74. The largest absolute Gasteiger partial charge is 0.207 e. The predicted octanol–water partition coefficient (Wildman–Crippen LogP) is 3.13. The highest BCUT2D eigenvalue weighted by molar-refractivity contribution is 14.2. The van der Waals surface area contributed by atoms with Crippen molar-refractivity contribution in [1.82, 2.24) is 0 Å². The Kier molecular flexibility index (Phi) is 3.07. The Hall–Kier alpha value is 0.230. The van der Waals surface area contributed by atoms with Crippen LogP contribution in [0.5, 0.6) is 0 Å². The van der Waals surface area contributed by atoms with Crippen molar-refractivity contribution in [3.8, 4) is 0 Å². The fraction of sp³-hybridized carbons (Fsp3) is 0.545. The first-order chi connectivity index (χ1) is 6.59. The minimum atomic E-state index is -0.400. The molecule has 1 aliphatic heterocycles. The summed E-state index contributed by atoms with van der Waals surface area (Å²) in [6, 6.07) is 4.46. The van der Waals surface area contributed by atoms with E-state index in [2.05, 4.69) is 63.6 Å². The Balaban J connectivity index is 2.31. The summed E-state index contributed by atoms with van der Waals surface area (Å²) in [7, 11) is 1.71. The van der Waals surface area contributed by atoms with Gasteiger partial charge >= 0.3 is 0 Å². The third-order valence-electron chi connectivity index (χ3n) is 2.94. The number of hydrogen-bond donors (Lipinski definition) is 0. The molecule has 3 heteroatoms. The first kappa shape index (κ1) is 10.7. The summed E-state index contributed by atoms with van der Waals surface area (Å²) in [6.07, 6.45) is 9.67. The Morgan fingerprint density at radius 1 is 1.57 bits per heavy atom. The van der Waals surface area contributed by atoms with Crippen molar-refractivity contribution in [2.24, 2.45) is 7.05 Å². The molecule has 2 unspecified atom stereocenters. The lowest BCUT2D eigenvalue weighted by Gasteiger charge is -2.30. The van der Waals surface area contributed by atoms with Gasteiger partial charge in [0.1, 0.15) is 7.05 Å². The van der Waals surface area contributed by atoms with Gasteiger partial charge in [0.25, 0.3) is 0 Å². The first-order valence-corrected chi connectivity index (χ1v) is 9.81. The van der Waals surface area contributed by atoms with Crippen molar-refractivity contribution in [2.75, 3.05) is 12.0 Å². The van der Waals surface area contributed by atoms with E-state index in [1.807, 2.05) is 0 Å². The molecule has 0 radical (unpaired) electrons. The van der Waals surface area contributed by atoms with Crippen LogP contribution >= 0.6 is 28.4 Å². The van der Waals surface area contributed by atoms with Crippen molar-refractivity contribution in [3.05, 3.63) is 30.1 Å². The summed E-state index contributed by atoms with van der Waals surface area (Å²) >= 11 is 2.72. The van der Waals surface area contributed by atoms with E-state index in [1.54, 1.807) is 5.56 Å². The van der Waals surface area contributed by atoms with Gasteiger partial charge in [-0.3, -0.25) is 0 Å². The zero-order valence-corrected chi connectivity index (χ0v) is 11.7. The van der Waals surface area contributed by atoms with Crippen molar-refractivity contribution in [2.45, 2.75) is 18.1 Å². The standard InChI is InChI=1S/C11H17INS/c1-13-7-3-5-10(9-13)11-6-4-8-14(11,2)12/h3,5,7,9,11H,4,6,8H2,1-2H3/q+1. The minimum Gasteiger partial charge on any atom is -0.207 e. The van der Waals surface area contributed by atoms with E-state index in [0.717, 1.165) is 5.25 Å². The minimum absolute atomic E-state index is 0.400. The van der Waals surface area contributed by atoms with E-state index in [-0.39, 0.29) is 0 Å². The second-order valence-corrected chi connectivity index (χ2v) is 13.3. The molecule has 0 saturated carbocycles. The quantitative estimate of drug-likeness (QED) is 0.552. The van der Waals surface area contributed by atoms with Crippen LogP contribution in [0.4, 0.5) is 0 Å².